The quantitative estimate of drug-likeness (QED) is 0.834. The van der Waals surface area contributed by atoms with Gasteiger partial charge in [-0.1, -0.05) is 55.8 Å². The van der Waals surface area contributed by atoms with Crippen molar-refractivity contribution in [1.29, 1.82) is 0 Å². The summed E-state index contributed by atoms with van der Waals surface area (Å²) in [6.07, 6.45) is 0.263. The van der Waals surface area contributed by atoms with Crippen molar-refractivity contribution in [3.8, 4) is 0 Å². The number of nitrogens with zero attached hydrogens (tertiary/aromatic N) is 2. The van der Waals surface area contributed by atoms with E-state index >= 15 is 0 Å². The van der Waals surface area contributed by atoms with E-state index in [0.29, 0.717) is 11.6 Å². The molecule has 1 heterocycles. The van der Waals surface area contributed by atoms with E-state index in [1.54, 1.807) is 12.1 Å². The number of rotatable bonds is 6. The maximum Gasteiger partial charge on any atom is 0.351 e. The van der Waals surface area contributed by atoms with Gasteiger partial charge in [-0.2, -0.15) is 4.99 Å². The predicted molar refractivity (Wildman–Crippen MR) is 109 cm³/mol. The van der Waals surface area contributed by atoms with Crippen LogP contribution in [0.5, 0.6) is 0 Å². The number of nitrogens with one attached hydrogen (secondary N) is 1. The normalized spacial score (nSPS) is 13.9. The van der Waals surface area contributed by atoms with Crippen LogP contribution in [0.2, 0.25) is 0 Å². The Balaban J connectivity index is 1.61. The summed E-state index contributed by atoms with van der Waals surface area (Å²) in [5.41, 5.74) is 3.94. The summed E-state index contributed by atoms with van der Waals surface area (Å²) < 4.78 is 0. The van der Waals surface area contributed by atoms with Crippen molar-refractivity contribution in [2.75, 3.05) is 11.9 Å². The Labute approximate surface area is 164 Å². The van der Waals surface area contributed by atoms with Crippen LogP contribution >= 0.6 is 0 Å². The molecule has 3 rings (SSSR count). The highest BCUT2D eigenvalue weighted by atomic mass is 16.2. The van der Waals surface area contributed by atoms with Gasteiger partial charge in [-0.15, -0.1) is 0 Å². The summed E-state index contributed by atoms with van der Waals surface area (Å²) in [5.74, 6) is -0.538. The highest BCUT2D eigenvalue weighted by molar-refractivity contribution is 6.46. The third-order valence-corrected chi connectivity index (χ3v) is 4.61. The van der Waals surface area contributed by atoms with Crippen LogP contribution in [0.25, 0.3) is 0 Å². The van der Waals surface area contributed by atoms with Crippen LogP contribution in [-0.4, -0.2) is 35.0 Å². The van der Waals surface area contributed by atoms with Gasteiger partial charge in [-0.25, -0.2) is 9.69 Å². The molecule has 0 atom stereocenters. The number of hydrogen-bond acceptors (Lipinski definition) is 3. The Morgan fingerprint density at radius 2 is 1.68 bits per heavy atom. The first-order valence-corrected chi connectivity index (χ1v) is 9.22. The van der Waals surface area contributed by atoms with Gasteiger partial charge in [0.05, 0.1) is 0 Å². The Hall–Kier alpha value is -3.28. The lowest BCUT2D eigenvalue weighted by Gasteiger charge is -2.13. The van der Waals surface area contributed by atoms with E-state index in [2.05, 4.69) is 24.2 Å². The van der Waals surface area contributed by atoms with E-state index in [1.165, 1.54) is 5.56 Å². The number of aryl methyl sites for hydroxylation is 1. The number of benzene rings is 2. The number of carbonyl (C=O) groups excluding carboxylic acids is 3. The monoisotopic (exact) mass is 377 g/mol. The predicted octanol–water partition coefficient (Wildman–Crippen LogP) is 3.70. The van der Waals surface area contributed by atoms with Crippen LogP contribution in [0.15, 0.2) is 53.5 Å². The molecule has 1 N–H and O–H groups in total. The van der Waals surface area contributed by atoms with Crippen molar-refractivity contribution in [3.05, 3.63) is 65.2 Å². The van der Waals surface area contributed by atoms with Gasteiger partial charge < -0.3 is 5.32 Å². The number of urea groups is 1. The maximum absolute atomic E-state index is 12.5. The van der Waals surface area contributed by atoms with Crippen LogP contribution < -0.4 is 5.32 Å². The number of carbonyl (C=O) groups is 3. The van der Waals surface area contributed by atoms with E-state index in [4.69, 9.17) is 0 Å². The summed E-state index contributed by atoms with van der Waals surface area (Å²) in [7, 11) is 0. The van der Waals surface area contributed by atoms with Crippen LogP contribution in [0.3, 0.4) is 0 Å². The van der Waals surface area contributed by atoms with Gasteiger partial charge in [0.25, 0.3) is 5.91 Å². The highest BCUT2D eigenvalue weighted by Gasteiger charge is 2.34. The first kappa shape index (κ1) is 19.5. The number of amides is 4. The lowest BCUT2D eigenvalue weighted by atomic mass is 10.00. The second kappa shape index (κ2) is 8.17. The molecule has 4 amide bonds. The average Bonchev–Trinajstić information content (AvgIpc) is 2.91. The molecule has 0 aromatic heterocycles. The Kier molecular flexibility index (Phi) is 5.68. The largest absolute Gasteiger partial charge is 0.351 e. The molecule has 144 valence electrons. The molecule has 2 aromatic rings. The van der Waals surface area contributed by atoms with Gasteiger partial charge in [-0.3, -0.25) is 9.59 Å². The molecule has 1 aliphatic rings. The number of hydrogen-bond donors (Lipinski definition) is 1. The Bertz CT molecular complexity index is 929. The van der Waals surface area contributed by atoms with E-state index < -0.39 is 17.8 Å². The molecule has 0 saturated carbocycles. The fraction of sp³-hybridized carbons (Fsp3) is 0.273. The molecule has 0 unspecified atom stereocenters. The molecule has 0 radical (unpaired) electrons. The standard InChI is InChI=1S/C22H23N3O3/c1-14(2)17-8-6-16(7-9-17)12-19-21(27)25(22(28)24-19)13-20(26)23-18-10-4-15(3)5-11-18/h4-11,14H,12-13H2,1-3H3,(H,23,26). The summed E-state index contributed by atoms with van der Waals surface area (Å²) in [5, 5.41) is 2.68. The molecule has 0 fully saturated rings. The topological polar surface area (TPSA) is 78.8 Å². The fourth-order valence-electron chi connectivity index (χ4n) is 2.92. The Morgan fingerprint density at radius 1 is 1.04 bits per heavy atom. The van der Waals surface area contributed by atoms with E-state index in [0.717, 1.165) is 16.0 Å². The Morgan fingerprint density at radius 3 is 2.29 bits per heavy atom. The van der Waals surface area contributed by atoms with Crippen LogP contribution in [0, 0.1) is 6.92 Å². The molecule has 0 spiro atoms. The minimum atomic E-state index is -0.696. The second-order valence-electron chi connectivity index (χ2n) is 7.22. The first-order valence-electron chi connectivity index (χ1n) is 9.22. The van der Waals surface area contributed by atoms with Crippen molar-refractivity contribution in [3.63, 3.8) is 0 Å². The van der Waals surface area contributed by atoms with Gasteiger partial charge in [0.15, 0.2) is 0 Å². The molecule has 6 nitrogen and oxygen atoms in total. The van der Waals surface area contributed by atoms with E-state index in [1.807, 2.05) is 43.3 Å². The molecule has 0 saturated heterocycles. The number of aliphatic imine (C=N–C) groups is 1. The molecule has 0 bridgehead atoms. The van der Waals surface area contributed by atoms with E-state index in [9.17, 15) is 14.4 Å². The molecule has 1 aliphatic heterocycles. The molecule has 0 aliphatic carbocycles. The van der Waals surface area contributed by atoms with Crippen LogP contribution in [0.1, 0.15) is 36.5 Å². The van der Waals surface area contributed by atoms with Crippen molar-refractivity contribution < 1.29 is 14.4 Å². The fourth-order valence-corrected chi connectivity index (χ4v) is 2.92. The SMILES string of the molecule is Cc1ccc(NC(=O)CN2C(=O)N=C(Cc3ccc(C(C)C)cc3)C2=O)cc1. The van der Waals surface area contributed by atoms with E-state index in [-0.39, 0.29) is 18.7 Å². The minimum absolute atomic E-state index is 0.158. The summed E-state index contributed by atoms with van der Waals surface area (Å²) >= 11 is 0. The van der Waals surface area contributed by atoms with Crippen LogP contribution in [-0.2, 0) is 16.0 Å². The van der Waals surface area contributed by atoms with Gasteiger partial charge in [0.1, 0.15) is 12.3 Å². The van der Waals surface area contributed by atoms with Gasteiger partial charge in [0, 0.05) is 12.1 Å². The zero-order valence-electron chi connectivity index (χ0n) is 16.2. The molecule has 6 heteroatoms. The number of anilines is 1. The molecular formula is C22H23N3O3. The van der Waals surface area contributed by atoms with Crippen molar-refractivity contribution in [1.82, 2.24) is 4.90 Å². The summed E-state index contributed by atoms with van der Waals surface area (Å²) in [4.78, 5) is 41.5. The third-order valence-electron chi connectivity index (χ3n) is 4.61. The molecule has 2 aromatic carbocycles. The van der Waals surface area contributed by atoms with Crippen molar-refractivity contribution in [2.24, 2.45) is 4.99 Å². The summed E-state index contributed by atoms with van der Waals surface area (Å²) in [6, 6.07) is 14.5. The van der Waals surface area contributed by atoms with Crippen molar-refractivity contribution >= 4 is 29.2 Å². The smallest absolute Gasteiger partial charge is 0.325 e. The summed E-state index contributed by atoms with van der Waals surface area (Å²) in [6.45, 7) is 5.81. The zero-order valence-corrected chi connectivity index (χ0v) is 16.2. The lowest BCUT2D eigenvalue weighted by Crippen LogP contribution is -2.39. The minimum Gasteiger partial charge on any atom is -0.325 e. The molecule has 28 heavy (non-hydrogen) atoms. The first-order chi connectivity index (χ1) is 13.3. The van der Waals surface area contributed by atoms with Crippen molar-refractivity contribution in [2.45, 2.75) is 33.1 Å². The van der Waals surface area contributed by atoms with Crippen LogP contribution in [0.4, 0.5) is 10.5 Å². The lowest BCUT2D eigenvalue weighted by molar-refractivity contribution is -0.125. The zero-order chi connectivity index (χ0) is 20.3. The average molecular weight is 377 g/mol. The van der Waals surface area contributed by atoms with Gasteiger partial charge in [-0.05, 0) is 36.1 Å². The van der Waals surface area contributed by atoms with Gasteiger partial charge >= 0.3 is 6.03 Å². The maximum atomic E-state index is 12.5. The second-order valence-corrected chi connectivity index (χ2v) is 7.22. The van der Waals surface area contributed by atoms with Gasteiger partial charge in [0.2, 0.25) is 5.91 Å². The molecular weight excluding hydrogens is 354 g/mol. The third kappa shape index (κ3) is 4.52. The number of imide groups is 1. The highest BCUT2D eigenvalue weighted by Crippen LogP contribution is 2.17.